The van der Waals surface area contributed by atoms with Gasteiger partial charge in [-0.2, -0.15) is 0 Å². The highest BCUT2D eigenvalue weighted by atomic mass is 32.1. The third kappa shape index (κ3) is 2.83. The Morgan fingerprint density at radius 3 is 2.69 bits per heavy atom. The summed E-state index contributed by atoms with van der Waals surface area (Å²) >= 11 is 1.36. The van der Waals surface area contributed by atoms with Gasteiger partial charge in [0.15, 0.2) is 5.78 Å². The van der Waals surface area contributed by atoms with Crippen molar-refractivity contribution < 1.29 is 9.59 Å². The second-order valence-electron chi connectivity index (χ2n) is 2.54. The second kappa shape index (κ2) is 4.00. The van der Waals surface area contributed by atoms with Gasteiger partial charge < -0.3 is 5.73 Å². The summed E-state index contributed by atoms with van der Waals surface area (Å²) in [5.41, 5.74) is 5.75. The average Bonchev–Trinajstić information content (AvgIpc) is 2.48. The average molecular weight is 195 g/mol. The maximum absolute atomic E-state index is 10.9. The molecule has 0 saturated heterocycles. The van der Waals surface area contributed by atoms with Gasteiger partial charge in [0.2, 0.25) is 5.91 Å². The van der Waals surface area contributed by atoms with E-state index in [2.05, 4.69) is 0 Å². The molecule has 1 heterocycles. The highest BCUT2D eigenvalue weighted by molar-refractivity contribution is 7.12. The lowest BCUT2D eigenvalue weighted by atomic mass is 10.2. The Morgan fingerprint density at radius 1 is 1.54 bits per heavy atom. The quantitative estimate of drug-likeness (QED) is 0.586. The third-order valence-corrected chi connectivity index (χ3v) is 2.46. The minimum Gasteiger partial charge on any atom is -0.366 e. The number of hydrogen-bond acceptors (Lipinski definition) is 3. The van der Waals surface area contributed by atoms with Gasteiger partial charge in [-0.3, -0.25) is 9.59 Å². The van der Waals surface area contributed by atoms with Crippen molar-refractivity contribution in [2.75, 3.05) is 0 Å². The molecule has 0 aromatic carbocycles. The van der Waals surface area contributed by atoms with E-state index in [1.54, 1.807) is 17.5 Å². The van der Waals surface area contributed by atoms with Gasteiger partial charge in [-0.1, -0.05) is 0 Å². The summed E-state index contributed by atoms with van der Waals surface area (Å²) < 4.78 is 0. The van der Waals surface area contributed by atoms with Crippen LogP contribution in [0.5, 0.6) is 0 Å². The lowest BCUT2D eigenvalue weighted by molar-refractivity contribution is -0.113. The fraction of sp³-hybridized carbons (Fsp3) is 0.111. The van der Waals surface area contributed by atoms with Crippen LogP contribution in [0, 0.1) is 0 Å². The van der Waals surface area contributed by atoms with E-state index in [9.17, 15) is 9.59 Å². The first-order valence-corrected chi connectivity index (χ1v) is 4.54. The molecule has 0 unspecified atom stereocenters. The van der Waals surface area contributed by atoms with Crippen molar-refractivity contribution in [1.82, 2.24) is 0 Å². The minimum atomic E-state index is -0.490. The van der Waals surface area contributed by atoms with E-state index in [0.717, 1.165) is 5.56 Å². The van der Waals surface area contributed by atoms with E-state index in [0.29, 0.717) is 4.88 Å². The molecule has 3 nitrogen and oxygen atoms in total. The second-order valence-corrected chi connectivity index (χ2v) is 3.45. The molecule has 68 valence electrons. The van der Waals surface area contributed by atoms with Crippen LogP contribution in [0.25, 0.3) is 6.08 Å². The Labute approximate surface area is 79.9 Å². The summed E-state index contributed by atoms with van der Waals surface area (Å²) in [5.74, 6) is -0.459. The van der Waals surface area contributed by atoms with E-state index in [-0.39, 0.29) is 5.78 Å². The number of primary amides is 1. The van der Waals surface area contributed by atoms with Crippen molar-refractivity contribution in [2.24, 2.45) is 5.73 Å². The number of carbonyl (C=O) groups is 2. The molecule has 13 heavy (non-hydrogen) atoms. The molecule has 4 heteroatoms. The van der Waals surface area contributed by atoms with Gasteiger partial charge in [-0.15, -0.1) is 11.3 Å². The number of rotatable bonds is 3. The number of Topliss-reactive ketones (excluding diaryl/α,β-unsaturated/α-hetero) is 1. The van der Waals surface area contributed by atoms with E-state index >= 15 is 0 Å². The predicted octanol–water partition coefficient (Wildman–Crippen LogP) is 1.45. The summed E-state index contributed by atoms with van der Waals surface area (Å²) in [5, 5.41) is 1.80. The summed E-state index contributed by atoms with van der Waals surface area (Å²) in [6.45, 7) is 1.51. The van der Waals surface area contributed by atoms with Gasteiger partial charge in [0, 0.05) is 6.08 Å². The van der Waals surface area contributed by atoms with E-state index in [4.69, 9.17) is 5.73 Å². The first kappa shape index (κ1) is 9.67. The predicted molar refractivity (Wildman–Crippen MR) is 52.6 cm³/mol. The van der Waals surface area contributed by atoms with Gasteiger partial charge in [-0.05, 0) is 30.0 Å². The van der Waals surface area contributed by atoms with E-state index in [1.807, 2.05) is 0 Å². The summed E-state index contributed by atoms with van der Waals surface area (Å²) in [6, 6.07) is 1.73. The molecule has 0 aliphatic heterocycles. The zero-order valence-corrected chi connectivity index (χ0v) is 7.93. The Hall–Kier alpha value is -1.42. The molecule has 0 aliphatic carbocycles. The molecular formula is C9H9NO2S. The number of hydrogen-bond donors (Lipinski definition) is 1. The molecule has 1 rings (SSSR count). The van der Waals surface area contributed by atoms with E-state index < -0.39 is 5.91 Å². The lowest BCUT2D eigenvalue weighted by Gasteiger charge is -1.83. The molecule has 0 spiro atoms. The Bertz CT molecular complexity index is 365. The van der Waals surface area contributed by atoms with Crippen LogP contribution in [0.4, 0.5) is 0 Å². The monoisotopic (exact) mass is 195 g/mol. The molecule has 2 N–H and O–H groups in total. The number of carbonyl (C=O) groups excluding carboxylic acids is 2. The fourth-order valence-corrected chi connectivity index (χ4v) is 1.58. The molecule has 1 amide bonds. The van der Waals surface area contributed by atoms with Crippen LogP contribution >= 0.6 is 11.3 Å². The van der Waals surface area contributed by atoms with Crippen molar-refractivity contribution in [3.8, 4) is 0 Å². The standard InChI is InChI=1S/C9H9NO2S/c1-6(11)8-4-7(5-13-8)2-3-9(10)12/h2-5H,1H3,(H2,10,12)/b3-2+. The highest BCUT2D eigenvalue weighted by Crippen LogP contribution is 2.16. The number of thiophene rings is 1. The normalized spacial score (nSPS) is 10.5. The Kier molecular flexibility index (Phi) is 2.97. The third-order valence-electron chi connectivity index (χ3n) is 1.41. The molecule has 1 aromatic rings. The van der Waals surface area contributed by atoms with Crippen molar-refractivity contribution in [1.29, 1.82) is 0 Å². The van der Waals surface area contributed by atoms with Crippen LogP contribution in [0.1, 0.15) is 22.2 Å². The molecule has 0 saturated carbocycles. The van der Waals surface area contributed by atoms with Crippen molar-refractivity contribution in [2.45, 2.75) is 6.92 Å². The molecular weight excluding hydrogens is 186 g/mol. The maximum atomic E-state index is 10.9. The van der Waals surface area contributed by atoms with Gasteiger partial charge in [0.1, 0.15) is 0 Å². The Morgan fingerprint density at radius 2 is 2.23 bits per heavy atom. The smallest absolute Gasteiger partial charge is 0.241 e. The molecule has 0 bridgehead atoms. The van der Waals surface area contributed by atoms with Crippen LogP contribution in [-0.2, 0) is 4.79 Å². The minimum absolute atomic E-state index is 0.0312. The highest BCUT2D eigenvalue weighted by Gasteiger charge is 2.01. The SMILES string of the molecule is CC(=O)c1cc(/C=C/C(N)=O)cs1. The zero-order valence-electron chi connectivity index (χ0n) is 7.11. The molecule has 0 fully saturated rings. The zero-order chi connectivity index (χ0) is 9.84. The molecule has 0 atom stereocenters. The molecule has 0 aliphatic rings. The summed E-state index contributed by atoms with van der Waals surface area (Å²) in [7, 11) is 0. The maximum Gasteiger partial charge on any atom is 0.241 e. The number of ketones is 1. The number of amides is 1. The molecule has 0 radical (unpaired) electrons. The van der Waals surface area contributed by atoms with Crippen LogP contribution in [0.3, 0.4) is 0 Å². The number of nitrogens with two attached hydrogens (primary N) is 1. The first-order chi connectivity index (χ1) is 6.09. The van der Waals surface area contributed by atoms with Gasteiger partial charge in [0.25, 0.3) is 0 Å². The van der Waals surface area contributed by atoms with Gasteiger partial charge in [-0.25, -0.2) is 0 Å². The van der Waals surface area contributed by atoms with Crippen LogP contribution < -0.4 is 5.73 Å². The van der Waals surface area contributed by atoms with Crippen LogP contribution in [-0.4, -0.2) is 11.7 Å². The van der Waals surface area contributed by atoms with Crippen LogP contribution in [0.15, 0.2) is 17.5 Å². The van der Waals surface area contributed by atoms with Crippen molar-refractivity contribution >= 4 is 29.1 Å². The Balaban J connectivity index is 2.80. The van der Waals surface area contributed by atoms with Crippen molar-refractivity contribution in [3.63, 3.8) is 0 Å². The van der Waals surface area contributed by atoms with Crippen molar-refractivity contribution in [3.05, 3.63) is 28.0 Å². The lowest BCUT2D eigenvalue weighted by Crippen LogP contribution is -2.04. The molecule has 1 aromatic heterocycles. The van der Waals surface area contributed by atoms with Gasteiger partial charge >= 0.3 is 0 Å². The largest absolute Gasteiger partial charge is 0.366 e. The fourth-order valence-electron chi connectivity index (χ4n) is 0.801. The summed E-state index contributed by atoms with van der Waals surface area (Å²) in [6.07, 6.45) is 2.86. The first-order valence-electron chi connectivity index (χ1n) is 3.66. The topological polar surface area (TPSA) is 60.2 Å². The summed E-state index contributed by atoms with van der Waals surface area (Å²) in [4.78, 5) is 22.0. The van der Waals surface area contributed by atoms with Gasteiger partial charge in [0.05, 0.1) is 4.88 Å². The van der Waals surface area contributed by atoms with Crippen LogP contribution in [0.2, 0.25) is 0 Å². The van der Waals surface area contributed by atoms with E-state index in [1.165, 1.54) is 24.3 Å².